The third-order valence-electron chi connectivity index (χ3n) is 3.92. The minimum atomic E-state index is -0.969. The Kier molecular flexibility index (Phi) is 5.90. The number of aromatic carboxylic acids is 1. The van der Waals surface area contributed by atoms with Crippen molar-refractivity contribution >= 4 is 11.9 Å². The first kappa shape index (κ1) is 17.5. The molecule has 0 radical (unpaired) electrons. The SMILES string of the molecule is C=CCC[C@H](Cc1cccc(-c2cccc(C(=O)O)c2)c1)C(=O)O. The van der Waals surface area contributed by atoms with E-state index in [9.17, 15) is 14.7 Å². The van der Waals surface area contributed by atoms with Crippen LogP contribution in [0, 0.1) is 5.92 Å². The van der Waals surface area contributed by atoms with Crippen molar-refractivity contribution in [1.29, 1.82) is 0 Å². The highest BCUT2D eigenvalue weighted by molar-refractivity contribution is 5.89. The molecule has 4 nitrogen and oxygen atoms in total. The van der Waals surface area contributed by atoms with Crippen LogP contribution in [0.5, 0.6) is 0 Å². The second kappa shape index (κ2) is 8.11. The molecule has 0 aliphatic heterocycles. The summed E-state index contributed by atoms with van der Waals surface area (Å²) in [5.74, 6) is -2.23. The Hall–Kier alpha value is -2.88. The van der Waals surface area contributed by atoms with Gasteiger partial charge in [0.1, 0.15) is 0 Å². The molecule has 0 spiro atoms. The lowest BCUT2D eigenvalue weighted by molar-refractivity contribution is -0.141. The van der Waals surface area contributed by atoms with Gasteiger partial charge in [0.2, 0.25) is 0 Å². The average molecular weight is 324 g/mol. The number of carboxylic acid groups (broad SMARTS) is 2. The molecule has 4 heteroatoms. The molecule has 0 aliphatic carbocycles. The maximum atomic E-state index is 11.4. The highest BCUT2D eigenvalue weighted by Gasteiger charge is 2.17. The Balaban J connectivity index is 2.25. The molecule has 2 aromatic carbocycles. The minimum Gasteiger partial charge on any atom is -0.481 e. The van der Waals surface area contributed by atoms with E-state index in [1.165, 1.54) is 0 Å². The first-order chi connectivity index (χ1) is 11.5. The number of allylic oxidation sites excluding steroid dienone is 1. The van der Waals surface area contributed by atoms with Crippen LogP contribution in [-0.2, 0) is 11.2 Å². The van der Waals surface area contributed by atoms with Gasteiger partial charge in [-0.25, -0.2) is 4.79 Å². The van der Waals surface area contributed by atoms with Gasteiger partial charge in [0, 0.05) is 0 Å². The van der Waals surface area contributed by atoms with Crippen molar-refractivity contribution in [2.45, 2.75) is 19.3 Å². The van der Waals surface area contributed by atoms with Crippen LogP contribution in [0.1, 0.15) is 28.8 Å². The smallest absolute Gasteiger partial charge is 0.335 e. The van der Waals surface area contributed by atoms with Crippen LogP contribution < -0.4 is 0 Å². The zero-order chi connectivity index (χ0) is 17.5. The Morgan fingerprint density at radius 1 is 1.04 bits per heavy atom. The average Bonchev–Trinajstić information content (AvgIpc) is 2.58. The lowest BCUT2D eigenvalue weighted by Crippen LogP contribution is -2.16. The summed E-state index contributed by atoms with van der Waals surface area (Å²) in [6.07, 6.45) is 3.38. The number of aliphatic carboxylic acids is 1. The Morgan fingerprint density at radius 3 is 2.33 bits per heavy atom. The highest BCUT2D eigenvalue weighted by atomic mass is 16.4. The molecular formula is C20H20O4. The van der Waals surface area contributed by atoms with Crippen LogP contribution in [0.15, 0.2) is 61.2 Å². The molecule has 1 atom stereocenters. The van der Waals surface area contributed by atoms with E-state index in [2.05, 4.69) is 6.58 Å². The fourth-order valence-corrected chi connectivity index (χ4v) is 2.63. The zero-order valence-corrected chi connectivity index (χ0v) is 13.3. The second-order valence-corrected chi connectivity index (χ2v) is 5.69. The lowest BCUT2D eigenvalue weighted by atomic mass is 9.92. The third-order valence-corrected chi connectivity index (χ3v) is 3.92. The maximum absolute atomic E-state index is 11.4. The van der Waals surface area contributed by atoms with Gasteiger partial charge in [-0.1, -0.05) is 42.5 Å². The van der Waals surface area contributed by atoms with E-state index < -0.39 is 17.9 Å². The van der Waals surface area contributed by atoms with Crippen LogP contribution in [0.3, 0.4) is 0 Å². The van der Waals surface area contributed by atoms with Crippen molar-refractivity contribution in [3.05, 3.63) is 72.3 Å². The molecule has 0 saturated carbocycles. The molecule has 24 heavy (non-hydrogen) atoms. The molecule has 124 valence electrons. The van der Waals surface area contributed by atoms with Crippen LogP contribution in [0.25, 0.3) is 11.1 Å². The zero-order valence-electron chi connectivity index (χ0n) is 13.3. The Bertz CT molecular complexity index is 749. The summed E-state index contributed by atoms with van der Waals surface area (Å²) in [5, 5.41) is 18.4. The number of benzene rings is 2. The normalized spacial score (nSPS) is 11.7. The molecule has 2 aromatic rings. The van der Waals surface area contributed by atoms with Crippen molar-refractivity contribution in [2.24, 2.45) is 5.92 Å². The van der Waals surface area contributed by atoms with Gasteiger partial charge in [0.05, 0.1) is 11.5 Å². The van der Waals surface area contributed by atoms with Gasteiger partial charge in [0.25, 0.3) is 0 Å². The molecular weight excluding hydrogens is 304 g/mol. The number of carbonyl (C=O) groups is 2. The Morgan fingerprint density at radius 2 is 1.71 bits per heavy atom. The van der Waals surface area contributed by atoms with Crippen LogP contribution >= 0.6 is 0 Å². The summed E-state index contributed by atoms with van der Waals surface area (Å²) < 4.78 is 0. The number of rotatable bonds is 8. The number of hydrogen-bond donors (Lipinski definition) is 2. The molecule has 0 aliphatic rings. The molecule has 0 bridgehead atoms. The van der Waals surface area contributed by atoms with E-state index >= 15 is 0 Å². The van der Waals surface area contributed by atoms with E-state index in [-0.39, 0.29) is 5.56 Å². The minimum absolute atomic E-state index is 0.229. The summed E-state index contributed by atoms with van der Waals surface area (Å²) in [6, 6.07) is 14.3. The number of hydrogen-bond acceptors (Lipinski definition) is 2. The van der Waals surface area contributed by atoms with E-state index in [0.29, 0.717) is 19.3 Å². The molecule has 0 amide bonds. The monoisotopic (exact) mass is 324 g/mol. The van der Waals surface area contributed by atoms with Gasteiger partial charge in [-0.2, -0.15) is 0 Å². The fraction of sp³-hybridized carbons (Fsp3) is 0.200. The van der Waals surface area contributed by atoms with E-state index in [1.807, 2.05) is 30.3 Å². The van der Waals surface area contributed by atoms with Gasteiger partial charge >= 0.3 is 11.9 Å². The summed E-state index contributed by atoms with van der Waals surface area (Å²) in [6.45, 7) is 3.63. The van der Waals surface area contributed by atoms with Gasteiger partial charge in [0.15, 0.2) is 0 Å². The summed E-state index contributed by atoms with van der Waals surface area (Å²) >= 11 is 0. The van der Waals surface area contributed by atoms with Crippen LogP contribution in [0.2, 0.25) is 0 Å². The second-order valence-electron chi connectivity index (χ2n) is 5.69. The first-order valence-electron chi connectivity index (χ1n) is 7.77. The van der Waals surface area contributed by atoms with E-state index in [4.69, 9.17) is 5.11 Å². The summed E-state index contributed by atoms with van der Waals surface area (Å²) in [5.41, 5.74) is 2.83. The topological polar surface area (TPSA) is 74.6 Å². The molecule has 0 fully saturated rings. The molecule has 0 unspecified atom stereocenters. The summed E-state index contributed by atoms with van der Waals surface area (Å²) in [7, 11) is 0. The largest absolute Gasteiger partial charge is 0.481 e. The molecule has 2 N–H and O–H groups in total. The van der Waals surface area contributed by atoms with Crippen molar-refractivity contribution in [3.63, 3.8) is 0 Å². The fourth-order valence-electron chi connectivity index (χ4n) is 2.63. The van der Waals surface area contributed by atoms with Crippen molar-refractivity contribution in [3.8, 4) is 11.1 Å². The van der Waals surface area contributed by atoms with Crippen molar-refractivity contribution < 1.29 is 19.8 Å². The molecule has 0 heterocycles. The van der Waals surface area contributed by atoms with Gasteiger partial charge in [-0.3, -0.25) is 4.79 Å². The van der Waals surface area contributed by atoms with Gasteiger partial charge in [-0.05, 0) is 48.1 Å². The quantitative estimate of drug-likeness (QED) is 0.711. The van der Waals surface area contributed by atoms with Crippen LogP contribution in [-0.4, -0.2) is 22.2 Å². The molecule has 2 rings (SSSR count). The number of carboxylic acids is 2. The molecule has 0 saturated heterocycles. The third kappa shape index (κ3) is 4.56. The lowest BCUT2D eigenvalue weighted by Gasteiger charge is -2.12. The van der Waals surface area contributed by atoms with Crippen LogP contribution in [0.4, 0.5) is 0 Å². The maximum Gasteiger partial charge on any atom is 0.335 e. The van der Waals surface area contributed by atoms with Crippen molar-refractivity contribution in [2.75, 3.05) is 0 Å². The standard InChI is InChI=1S/C20H20O4/c1-2-3-7-17(19(21)22)12-14-6-4-8-15(11-14)16-9-5-10-18(13-16)20(23)24/h2,4-6,8-11,13,17H,1,3,7,12H2,(H,21,22)(H,23,24)/t17-/m1/s1. The van der Waals surface area contributed by atoms with E-state index in [1.54, 1.807) is 24.3 Å². The summed E-state index contributed by atoms with van der Waals surface area (Å²) in [4.78, 5) is 22.5. The highest BCUT2D eigenvalue weighted by Crippen LogP contribution is 2.24. The Labute approximate surface area is 141 Å². The van der Waals surface area contributed by atoms with Crippen molar-refractivity contribution in [1.82, 2.24) is 0 Å². The van der Waals surface area contributed by atoms with Gasteiger partial charge < -0.3 is 10.2 Å². The predicted molar refractivity (Wildman–Crippen MR) is 93.1 cm³/mol. The first-order valence-corrected chi connectivity index (χ1v) is 7.77. The van der Waals surface area contributed by atoms with E-state index in [0.717, 1.165) is 16.7 Å². The van der Waals surface area contributed by atoms with Gasteiger partial charge in [-0.15, -0.1) is 6.58 Å². The molecule has 0 aromatic heterocycles. The predicted octanol–water partition coefficient (Wildman–Crippen LogP) is 4.26.